The number of ether oxygens (including phenoxy) is 3. The average Bonchev–Trinajstić information content (AvgIpc) is 3.39. The Morgan fingerprint density at radius 1 is 1.00 bits per heavy atom. The summed E-state index contributed by atoms with van der Waals surface area (Å²) in [5.41, 5.74) is 1.28. The number of benzene rings is 1. The zero-order chi connectivity index (χ0) is 29.9. The van der Waals surface area contributed by atoms with Crippen molar-refractivity contribution in [3.63, 3.8) is 0 Å². The van der Waals surface area contributed by atoms with Gasteiger partial charge in [-0.15, -0.1) is 0 Å². The molecule has 12 heteroatoms. The van der Waals surface area contributed by atoms with E-state index in [1.54, 1.807) is 17.3 Å². The van der Waals surface area contributed by atoms with Crippen LogP contribution in [0.2, 0.25) is 38.3 Å². The molecule has 0 saturated carbocycles. The lowest BCUT2D eigenvalue weighted by Gasteiger charge is -2.40. The molecule has 0 fully saturated rings. The van der Waals surface area contributed by atoms with Gasteiger partial charge in [0.25, 0.3) is 11.9 Å². The number of nitrogens with one attached hydrogen (secondary N) is 2. The Morgan fingerprint density at radius 2 is 1.61 bits per heavy atom. The summed E-state index contributed by atoms with van der Waals surface area (Å²) in [4.78, 5) is 24.0. The molecule has 1 aliphatic rings. The van der Waals surface area contributed by atoms with Crippen molar-refractivity contribution in [1.82, 2.24) is 14.9 Å². The van der Waals surface area contributed by atoms with Gasteiger partial charge >= 0.3 is 0 Å². The second-order valence-electron chi connectivity index (χ2n) is 12.1. The molecule has 1 aliphatic heterocycles. The van der Waals surface area contributed by atoms with Crippen molar-refractivity contribution in [3.05, 3.63) is 35.6 Å². The van der Waals surface area contributed by atoms with Crippen LogP contribution >= 0.6 is 0 Å². The second kappa shape index (κ2) is 12.3. The first-order valence-corrected chi connectivity index (χ1v) is 20.4. The fourth-order valence-corrected chi connectivity index (χ4v) is 15.4. The Balaban J connectivity index is 1.51. The largest absolute Gasteiger partial charge is 0.479 e. The minimum absolute atomic E-state index is 0.0776. The van der Waals surface area contributed by atoms with Crippen LogP contribution in [-0.4, -0.2) is 78.3 Å². The van der Waals surface area contributed by atoms with E-state index in [0.29, 0.717) is 12.5 Å². The van der Waals surface area contributed by atoms with Gasteiger partial charge in [-0.2, -0.15) is 9.97 Å². The van der Waals surface area contributed by atoms with Crippen molar-refractivity contribution < 1.29 is 23.4 Å². The summed E-state index contributed by atoms with van der Waals surface area (Å²) >= 11 is 0. The average molecular weight is 598 g/mol. The molecule has 41 heavy (non-hydrogen) atoms. The van der Waals surface area contributed by atoms with Crippen molar-refractivity contribution in [2.75, 3.05) is 52.0 Å². The van der Waals surface area contributed by atoms with Gasteiger partial charge in [0.2, 0.25) is 17.7 Å². The fraction of sp³-hybridized carbons (Fsp3) is 0.483. The van der Waals surface area contributed by atoms with Crippen LogP contribution in [0.3, 0.4) is 0 Å². The van der Waals surface area contributed by atoms with Gasteiger partial charge in [0.15, 0.2) is 11.4 Å². The maximum absolute atomic E-state index is 13.2. The molecule has 4 rings (SSSR count). The van der Waals surface area contributed by atoms with E-state index in [-0.39, 0.29) is 29.2 Å². The maximum atomic E-state index is 13.2. The summed E-state index contributed by atoms with van der Waals surface area (Å²) in [5.74, 6) is 1.28. The Hall–Kier alpha value is -3.36. The van der Waals surface area contributed by atoms with E-state index in [9.17, 15) is 4.79 Å². The number of aromatic nitrogens is 2. The van der Waals surface area contributed by atoms with Crippen LogP contribution in [0.1, 0.15) is 22.5 Å². The lowest BCUT2D eigenvalue weighted by molar-refractivity contribution is 0.0990. The SMILES string of the molecule is COc1nc(NCCCN(C)C)nc(OC)c1NC(=O)c1ccc(Oc2cc3c(cc2C)[Si](C)(C)CC[Si]3(C)C)o1. The van der Waals surface area contributed by atoms with E-state index in [4.69, 9.17) is 18.6 Å². The molecule has 0 radical (unpaired) electrons. The number of hydrogen-bond acceptors (Lipinski definition) is 9. The lowest BCUT2D eigenvalue weighted by Crippen LogP contribution is -2.63. The number of carbonyl (C=O) groups is 1. The van der Waals surface area contributed by atoms with Crippen molar-refractivity contribution in [2.24, 2.45) is 0 Å². The molecule has 0 unspecified atom stereocenters. The number of rotatable bonds is 11. The van der Waals surface area contributed by atoms with Gasteiger partial charge in [0, 0.05) is 12.6 Å². The standard InChI is InChI=1S/C29H43N5O5Si2/c1-19-17-22-23(41(8,9)16-15-40(22,6)7)18-21(19)39-24-12-11-20(38-24)26(35)31-25-27(36-4)32-29(33-28(25)37-5)30-13-10-14-34(2)3/h11-12,17-18H,10,13-16H2,1-9H3,(H,31,35)(H,30,32,33). The Bertz CT molecular complexity index is 1380. The fourth-order valence-electron chi connectivity index (χ4n) is 5.09. The summed E-state index contributed by atoms with van der Waals surface area (Å²) in [6.07, 6.45) is 0.909. The molecule has 2 N–H and O–H groups in total. The summed E-state index contributed by atoms with van der Waals surface area (Å²) in [5, 5.41) is 8.98. The number of methoxy groups -OCH3 is 2. The number of anilines is 2. The molecule has 10 nitrogen and oxygen atoms in total. The van der Waals surface area contributed by atoms with E-state index in [1.165, 1.54) is 31.5 Å². The highest BCUT2D eigenvalue weighted by Crippen LogP contribution is 2.34. The second-order valence-corrected chi connectivity index (χ2v) is 21.7. The smallest absolute Gasteiger partial charge is 0.291 e. The third-order valence-electron chi connectivity index (χ3n) is 7.70. The number of aryl methyl sites for hydroxylation is 1. The number of hydrogen-bond donors (Lipinski definition) is 2. The first-order chi connectivity index (χ1) is 19.3. The van der Waals surface area contributed by atoms with Crippen molar-refractivity contribution in [1.29, 1.82) is 0 Å². The molecule has 0 atom stereocenters. The first-order valence-electron chi connectivity index (χ1n) is 14.0. The highest BCUT2D eigenvalue weighted by molar-refractivity contribution is 7.03. The molecule has 0 saturated heterocycles. The monoisotopic (exact) mass is 597 g/mol. The number of nitrogens with zero attached hydrogens (tertiary/aromatic N) is 3. The molecule has 3 aromatic rings. The predicted octanol–water partition coefficient (Wildman–Crippen LogP) is 4.65. The minimum Gasteiger partial charge on any atom is -0.479 e. The van der Waals surface area contributed by atoms with Gasteiger partial charge in [-0.1, -0.05) is 54.7 Å². The van der Waals surface area contributed by atoms with Crippen molar-refractivity contribution in [2.45, 2.75) is 51.6 Å². The van der Waals surface area contributed by atoms with Gasteiger partial charge in [-0.3, -0.25) is 4.79 Å². The Morgan fingerprint density at radius 3 is 2.20 bits per heavy atom. The number of furan rings is 1. The third-order valence-corrected chi connectivity index (χ3v) is 15.2. The number of fused-ring (bicyclic) bond motifs is 1. The van der Waals surface area contributed by atoms with E-state index in [0.717, 1.165) is 24.3 Å². The third kappa shape index (κ3) is 6.93. The highest BCUT2D eigenvalue weighted by atomic mass is 28.3. The van der Waals surface area contributed by atoms with E-state index in [1.807, 2.05) is 14.1 Å². The number of amides is 1. The van der Waals surface area contributed by atoms with E-state index in [2.05, 4.69) is 70.7 Å². The predicted molar refractivity (Wildman–Crippen MR) is 169 cm³/mol. The lowest BCUT2D eigenvalue weighted by atomic mass is 10.2. The number of carbonyl (C=O) groups excluding carboxylic acids is 1. The quantitative estimate of drug-likeness (QED) is 0.241. The molecule has 1 amide bonds. The zero-order valence-electron chi connectivity index (χ0n) is 25.7. The topological polar surface area (TPSA) is 111 Å². The molecule has 0 spiro atoms. The molecule has 2 aromatic heterocycles. The summed E-state index contributed by atoms with van der Waals surface area (Å²) in [6.45, 7) is 13.5. The van der Waals surface area contributed by atoms with Crippen molar-refractivity contribution in [3.8, 4) is 23.5 Å². The Labute approximate surface area is 244 Å². The minimum atomic E-state index is -1.55. The highest BCUT2D eigenvalue weighted by Gasteiger charge is 2.40. The maximum Gasteiger partial charge on any atom is 0.291 e. The summed E-state index contributed by atoms with van der Waals surface area (Å²) in [7, 11) is 3.98. The van der Waals surface area contributed by atoms with Gasteiger partial charge < -0.3 is 34.2 Å². The van der Waals surface area contributed by atoms with Crippen LogP contribution in [0.15, 0.2) is 28.7 Å². The summed E-state index contributed by atoms with van der Waals surface area (Å²) < 4.78 is 22.9. The molecule has 3 heterocycles. The van der Waals surface area contributed by atoms with Gasteiger partial charge in [0.1, 0.15) is 5.75 Å². The van der Waals surface area contributed by atoms with Crippen LogP contribution in [-0.2, 0) is 0 Å². The van der Waals surface area contributed by atoms with E-state index >= 15 is 0 Å². The normalized spacial score (nSPS) is 15.3. The van der Waals surface area contributed by atoms with Gasteiger partial charge in [-0.25, -0.2) is 0 Å². The van der Waals surface area contributed by atoms with Crippen LogP contribution in [0.5, 0.6) is 23.5 Å². The molecular weight excluding hydrogens is 555 g/mol. The molecule has 0 aliphatic carbocycles. The zero-order valence-corrected chi connectivity index (χ0v) is 27.7. The molecular formula is C29H43N5O5Si2. The molecule has 1 aromatic carbocycles. The van der Waals surface area contributed by atoms with Crippen LogP contribution in [0, 0.1) is 6.92 Å². The van der Waals surface area contributed by atoms with Gasteiger partial charge in [-0.05, 0) is 51.7 Å². The van der Waals surface area contributed by atoms with Crippen molar-refractivity contribution >= 4 is 44.1 Å². The van der Waals surface area contributed by atoms with Crippen LogP contribution < -0.4 is 35.2 Å². The first kappa shape index (κ1) is 30.6. The van der Waals surface area contributed by atoms with Crippen LogP contribution in [0.25, 0.3) is 0 Å². The molecule has 222 valence electrons. The van der Waals surface area contributed by atoms with E-state index < -0.39 is 22.1 Å². The molecule has 0 bridgehead atoms. The van der Waals surface area contributed by atoms with Gasteiger partial charge in [0.05, 0.1) is 30.4 Å². The van der Waals surface area contributed by atoms with Crippen LogP contribution in [0.4, 0.5) is 11.6 Å². The Kier molecular flexibility index (Phi) is 9.14. The summed E-state index contributed by atoms with van der Waals surface area (Å²) in [6, 6.07) is 10.4.